The number of halogens is 1. The minimum Gasteiger partial charge on any atom is -0.462 e. The molecule has 4 atom stereocenters. The second-order valence-corrected chi connectivity index (χ2v) is 12.1. The van der Waals surface area contributed by atoms with Crippen LogP contribution in [0.3, 0.4) is 0 Å². The SMILES string of the molecule is C=CC(=O)N1CC[C@@H]2[C@H]1CN2c1nc(OC[C@@H]2C[C@@H](F)CN2C)nc2c1CCN(c1cccc3c1CCCC3)C2. The van der Waals surface area contributed by atoms with Crippen LogP contribution in [-0.4, -0.2) is 89.8 Å². The number of ether oxygens (including phenoxy) is 1. The number of likely N-dealkylation sites (tertiary alicyclic amines) is 2. The van der Waals surface area contributed by atoms with E-state index >= 15 is 0 Å². The van der Waals surface area contributed by atoms with Gasteiger partial charge in [-0.3, -0.25) is 9.69 Å². The first kappa shape index (κ1) is 25.7. The molecule has 4 aliphatic heterocycles. The summed E-state index contributed by atoms with van der Waals surface area (Å²) in [5.41, 5.74) is 6.53. The number of aryl methyl sites for hydroxylation is 1. The molecule has 0 radical (unpaired) electrons. The van der Waals surface area contributed by atoms with Crippen molar-refractivity contribution in [1.29, 1.82) is 0 Å². The molecule has 1 aliphatic carbocycles. The van der Waals surface area contributed by atoms with Gasteiger partial charge in [-0.1, -0.05) is 18.7 Å². The number of hydrogen-bond donors (Lipinski definition) is 0. The quantitative estimate of drug-likeness (QED) is 0.515. The summed E-state index contributed by atoms with van der Waals surface area (Å²) in [7, 11) is 1.95. The first-order chi connectivity index (χ1) is 19.5. The van der Waals surface area contributed by atoms with Crippen LogP contribution in [0.2, 0.25) is 0 Å². The number of nitrogens with zero attached hydrogens (tertiary/aromatic N) is 6. The highest BCUT2D eigenvalue weighted by atomic mass is 19.1. The highest BCUT2D eigenvalue weighted by Crippen LogP contribution is 2.41. The number of fused-ring (bicyclic) bond motifs is 3. The molecule has 212 valence electrons. The summed E-state index contributed by atoms with van der Waals surface area (Å²) in [6.45, 7) is 7.65. The predicted octanol–water partition coefficient (Wildman–Crippen LogP) is 3.31. The molecule has 0 bridgehead atoms. The Kier molecular flexibility index (Phi) is 6.65. The van der Waals surface area contributed by atoms with Crippen LogP contribution in [-0.2, 0) is 30.6 Å². The molecule has 8 nitrogen and oxygen atoms in total. The maximum absolute atomic E-state index is 14.0. The number of hydrogen-bond acceptors (Lipinski definition) is 7. The number of carbonyl (C=O) groups excluding carboxylic acids is 1. The number of likely N-dealkylation sites (N-methyl/N-ethyl adjacent to an activating group) is 1. The van der Waals surface area contributed by atoms with Gasteiger partial charge in [0.05, 0.1) is 24.3 Å². The zero-order chi connectivity index (χ0) is 27.4. The summed E-state index contributed by atoms with van der Waals surface area (Å²) in [6, 6.07) is 7.60. The summed E-state index contributed by atoms with van der Waals surface area (Å²) in [5.74, 6) is 0.960. The van der Waals surface area contributed by atoms with Gasteiger partial charge in [0, 0.05) is 43.5 Å². The van der Waals surface area contributed by atoms with E-state index < -0.39 is 6.17 Å². The van der Waals surface area contributed by atoms with Gasteiger partial charge in [0.15, 0.2) is 0 Å². The van der Waals surface area contributed by atoms with E-state index in [1.807, 2.05) is 16.8 Å². The maximum atomic E-state index is 14.0. The first-order valence-electron chi connectivity index (χ1n) is 14.9. The number of amides is 1. The van der Waals surface area contributed by atoms with Crippen LogP contribution >= 0.6 is 0 Å². The first-order valence-corrected chi connectivity index (χ1v) is 14.9. The Morgan fingerprint density at radius 2 is 2.00 bits per heavy atom. The Labute approximate surface area is 235 Å². The lowest BCUT2D eigenvalue weighted by Crippen LogP contribution is -2.63. The van der Waals surface area contributed by atoms with Crippen molar-refractivity contribution in [3.63, 3.8) is 0 Å². The van der Waals surface area contributed by atoms with Crippen molar-refractivity contribution in [2.75, 3.05) is 49.6 Å². The van der Waals surface area contributed by atoms with E-state index in [2.05, 4.69) is 34.6 Å². The second-order valence-electron chi connectivity index (χ2n) is 12.1. The zero-order valence-corrected chi connectivity index (χ0v) is 23.4. The molecule has 3 fully saturated rings. The lowest BCUT2D eigenvalue weighted by Gasteiger charge is -2.48. The molecule has 0 saturated carbocycles. The largest absolute Gasteiger partial charge is 0.462 e. The number of anilines is 2. The molecule has 7 rings (SSSR count). The fraction of sp³-hybridized carbons (Fsp3) is 0.581. The van der Waals surface area contributed by atoms with E-state index in [1.165, 1.54) is 41.3 Å². The van der Waals surface area contributed by atoms with Crippen molar-refractivity contribution in [2.45, 2.75) is 75.8 Å². The van der Waals surface area contributed by atoms with Crippen molar-refractivity contribution in [2.24, 2.45) is 0 Å². The number of benzene rings is 1. The highest BCUT2D eigenvalue weighted by Gasteiger charge is 2.49. The minimum absolute atomic E-state index is 0.00887. The molecule has 1 aromatic heterocycles. The van der Waals surface area contributed by atoms with Crippen LogP contribution in [0.15, 0.2) is 30.9 Å². The summed E-state index contributed by atoms with van der Waals surface area (Å²) in [5, 5.41) is 0. The monoisotopic (exact) mass is 546 g/mol. The fourth-order valence-corrected chi connectivity index (χ4v) is 7.59. The smallest absolute Gasteiger partial charge is 0.318 e. The molecule has 2 aromatic rings. The van der Waals surface area contributed by atoms with Gasteiger partial charge in [0.2, 0.25) is 5.91 Å². The van der Waals surface area contributed by atoms with Gasteiger partial charge in [-0.25, -0.2) is 4.39 Å². The molecule has 9 heteroatoms. The van der Waals surface area contributed by atoms with Gasteiger partial charge < -0.3 is 19.4 Å². The van der Waals surface area contributed by atoms with Crippen LogP contribution in [0.1, 0.15) is 48.1 Å². The van der Waals surface area contributed by atoms with Crippen LogP contribution < -0.4 is 14.5 Å². The van der Waals surface area contributed by atoms with Gasteiger partial charge in [0.1, 0.15) is 18.6 Å². The fourth-order valence-electron chi connectivity index (χ4n) is 7.59. The molecule has 40 heavy (non-hydrogen) atoms. The van der Waals surface area contributed by atoms with Crippen molar-refractivity contribution in [1.82, 2.24) is 19.8 Å². The molecule has 5 aliphatic rings. The molecular formula is C31H39FN6O2. The zero-order valence-electron chi connectivity index (χ0n) is 23.4. The van der Waals surface area contributed by atoms with Crippen LogP contribution in [0.4, 0.5) is 15.9 Å². The normalized spacial score (nSPS) is 27.6. The van der Waals surface area contributed by atoms with Gasteiger partial charge in [-0.15, -0.1) is 0 Å². The number of rotatable bonds is 6. The van der Waals surface area contributed by atoms with Crippen molar-refractivity contribution in [3.05, 3.63) is 53.2 Å². The number of carbonyl (C=O) groups is 1. The Morgan fingerprint density at radius 1 is 1.12 bits per heavy atom. The van der Waals surface area contributed by atoms with E-state index in [-0.39, 0.29) is 24.0 Å². The number of aromatic nitrogens is 2. The molecule has 0 spiro atoms. The third-order valence-corrected chi connectivity index (χ3v) is 9.80. The maximum Gasteiger partial charge on any atom is 0.318 e. The number of alkyl halides is 1. The summed E-state index contributed by atoms with van der Waals surface area (Å²) in [6.07, 6.45) is 7.69. The van der Waals surface area contributed by atoms with Gasteiger partial charge >= 0.3 is 6.01 Å². The average Bonchev–Trinajstić information content (AvgIpc) is 3.47. The lowest BCUT2D eigenvalue weighted by molar-refractivity contribution is -0.127. The standard InChI is InChI=1S/C31H39FN6O2/c1-3-29(39)37-14-12-27-28(37)18-38(27)30-24-11-13-36(26-10-6-8-20-7-4-5-9-23(20)26)17-25(24)33-31(34-30)40-19-22-15-21(32)16-35(22)2/h3,6,8,10,21-22,27-28H,1,4-5,7,9,11-19H2,2H3/t21-,22+,27-,28-/m1/s1. The summed E-state index contributed by atoms with van der Waals surface area (Å²) >= 11 is 0. The third kappa shape index (κ3) is 4.42. The topological polar surface area (TPSA) is 65.0 Å². The highest BCUT2D eigenvalue weighted by molar-refractivity contribution is 5.88. The van der Waals surface area contributed by atoms with Crippen LogP contribution in [0, 0.1) is 0 Å². The van der Waals surface area contributed by atoms with Crippen molar-refractivity contribution in [3.8, 4) is 6.01 Å². The molecule has 1 amide bonds. The van der Waals surface area contributed by atoms with E-state index in [0.717, 1.165) is 63.4 Å². The Morgan fingerprint density at radius 3 is 2.83 bits per heavy atom. The van der Waals surface area contributed by atoms with Gasteiger partial charge in [-0.05, 0) is 75.3 Å². The molecule has 0 unspecified atom stereocenters. The second kappa shape index (κ2) is 10.3. The van der Waals surface area contributed by atoms with Gasteiger partial charge in [0.25, 0.3) is 0 Å². The van der Waals surface area contributed by atoms with Crippen LogP contribution in [0.25, 0.3) is 0 Å². The Bertz CT molecular complexity index is 1320. The molecular weight excluding hydrogens is 507 g/mol. The Balaban J connectivity index is 1.18. The van der Waals surface area contributed by atoms with E-state index in [4.69, 9.17) is 14.7 Å². The molecule has 5 heterocycles. The molecule has 0 N–H and O–H groups in total. The summed E-state index contributed by atoms with van der Waals surface area (Å²) in [4.78, 5) is 31.1. The lowest BCUT2D eigenvalue weighted by atomic mass is 9.89. The third-order valence-electron chi connectivity index (χ3n) is 9.80. The molecule has 3 saturated heterocycles. The van der Waals surface area contributed by atoms with Crippen molar-refractivity contribution < 1.29 is 13.9 Å². The van der Waals surface area contributed by atoms with Gasteiger partial charge in [-0.2, -0.15) is 9.97 Å². The molecule has 1 aromatic carbocycles. The summed E-state index contributed by atoms with van der Waals surface area (Å²) < 4.78 is 20.2. The van der Waals surface area contributed by atoms with Crippen LogP contribution in [0.5, 0.6) is 6.01 Å². The minimum atomic E-state index is -0.814. The van der Waals surface area contributed by atoms with E-state index in [1.54, 1.807) is 0 Å². The average molecular weight is 547 g/mol. The van der Waals surface area contributed by atoms with E-state index in [0.29, 0.717) is 25.6 Å². The Hall–Kier alpha value is -3.20. The predicted molar refractivity (Wildman–Crippen MR) is 153 cm³/mol. The van der Waals surface area contributed by atoms with E-state index in [9.17, 15) is 9.18 Å². The van der Waals surface area contributed by atoms with Crippen molar-refractivity contribution >= 4 is 17.4 Å².